The fourth-order valence-corrected chi connectivity index (χ4v) is 3.91. The van der Waals surface area contributed by atoms with Crippen LogP contribution < -0.4 is 5.32 Å². The number of benzene rings is 1. The molecule has 0 spiro atoms. The molecule has 1 amide bonds. The molecule has 0 aliphatic rings. The SMILES string of the molecule is CN=C(/C=C\C(C)=N\N=C(C)C)n1nc(C)c(CCC(=O)NCCc2c[nH]c3ccccc23)c1C. The lowest BCUT2D eigenvalue weighted by molar-refractivity contribution is -0.121. The molecule has 0 fully saturated rings. The molecular weight excluding hydrogens is 438 g/mol. The molecule has 0 saturated heterocycles. The largest absolute Gasteiger partial charge is 0.361 e. The van der Waals surface area contributed by atoms with Gasteiger partial charge in [0.2, 0.25) is 5.91 Å². The average Bonchev–Trinajstić information content (AvgIpc) is 3.37. The van der Waals surface area contributed by atoms with Crippen molar-refractivity contribution in [3.63, 3.8) is 0 Å². The zero-order valence-electron chi connectivity index (χ0n) is 21.5. The van der Waals surface area contributed by atoms with Crippen LogP contribution in [0.1, 0.15) is 49.7 Å². The smallest absolute Gasteiger partial charge is 0.220 e. The fraction of sp³-hybridized carbons (Fsp3) is 0.370. The summed E-state index contributed by atoms with van der Waals surface area (Å²) >= 11 is 0. The monoisotopic (exact) mass is 473 g/mol. The van der Waals surface area contributed by atoms with Gasteiger partial charge < -0.3 is 10.3 Å². The van der Waals surface area contributed by atoms with Crippen molar-refractivity contribution in [2.24, 2.45) is 15.2 Å². The number of hydrogen-bond acceptors (Lipinski definition) is 5. The number of allylic oxidation sites excluding steroid dienone is 2. The van der Waals surface area contributed by atoms with Gasteiger partial charge in [-0.25, -0.2) is 4.68 Å². The molecule has 2 heterocycles. The van der Waals surface area contributed by atoms with Crippen molar-refractivity contribution in [3.05, 3.63) is 65.1 Å². The third-order valence-electron chi connectivity index (χ3n) is 5.76. The van der Waals surface area contributed by atoms with Gasteiger partial charge in [0, 0.05) is 48.5 Å². The Bertz CT molecular complexity index is 1300. The number of carbonyl (C=O) groups excluding carboxylic acids is 1. The van der Waals surface area contributed by atoms with E-state index >= 15 is 0 Å². The minimum absolute atomic E-state index is 0.0410. The van der Waals surface area contributed by atoms with Gasteiger partial charge in [-0.3, -0.25) is 9.79 Å². The molecule has 1 aromatic carbocycles. The summed E-state index contributed by atoms with van der Waals surface area (Å²) < 4.78 is 1.82. The molecule has 35 heavy (non-hydrogen) atoms. The van der Waals surface area contributed by atoms with Crippen LogP contribution >= 0.6 is 0 Å². The number of H-pyrrole nitrogens is 1. The van der Waals surface area contributed by atoms with Crippen LogP contribution in [0, 0.1) is 13.8 Å². The Morgan fingerprint density at radius 3 is 2.63 bits per heavy atom. The lowest BCUT2D eigenvalue weighted by atomic mass is 10.1. The van der Waals surface area contributed by atoms with Gasteiger partial charge in [0.25, 0.3) is 0 Å². The summed E-state index contributed by atoms with van der Waals surface area (Å²) in [7, 11) is 1.73. The first-order valence-electron chi connectivity index (χ1n) is 11.9. The van der Waals surface area contributed by atoms with Gasteiger partial charge in [0.15, 0.2) is 0 Å². The quantitative estimate of drug-likeness (QED) is 0.270. The van der Waals surface area contributed by atoms with Gasteiger partial charge in [-0.2, -0.15) is 15.3 Å². The van der Waals surface area contributed by atoms with Crippen molar-refractivity contribution in [2.45, 2.75) is 53.9 Å². The van der Waals surface area contributed by atoms with Crippen molar-refractivity contribution >= 4 is 34.1 Å². The van der Waals surface area contributed by atoms with Crippen LogP contribution in [-0.4, -0.2) is 51.5 Å². The number of para-hydroxylation sites is 1. The third-order valence-corrected chi connectivity index (χ3v) is 5.76. The minimum Gasteiger partial charge on any atom is -0.361 e. The highest BCUT2D eigenvalue weighted by Crippen LogP contribution is 2.18. The lowest BCUT2D eigenvalue weighted by Crippen LogP contribution is -2.26. The Balaban J connectivity index is 1.57. The molecular formula is C27H35N7O. The zero-order chi connectivity index (χ0) is 25.4. The predicted molar refractivity (Wildman–Crippen MR) is 145 cm³/mol. The highest BCUT2D eigenvalue weighted by molar-refractivity contribution is 6.02. The number of aromatic nitrogens is 3. The highest BCUT2D eigenvalue weighted by atomic mass is 16.1. The number of nitrogens with one attached hydrogen (secondary N) is 2. The molecule has 0 aliphatic heterocycles. The molecule has 0 aliphatic carbocycles. The number of nitrogens with zero attached hydrogens (tertiary/aromatic N) is 5. The predicted octanol–water partition coefficient (Wildman–Crippen LogP) is 4.56. The molecule has 2 aromatic heterocycles. The van der Waals surface area contributed by atoms with Crippen LogP contribution in [-0.2, 0) is 17.6 Å². The van der Waals surface area contributed by atoms with Crippen molar-refractivity contribution in [1.82, 2.24) is 20.1 Å². The maximum Gasteiger partial charge on any atom is 0.220 e. The van der Waals surface area contributed by atoms with Gasteiger partial charge >= 0.3 is 0 Å². The van der Waals surface area contributed by atoms with E-state index in [0.717, 1.165) is 40.3 Å². The van der Waals surface area contributed by atoms with E-state index in [-0.39, 0.29) is 5.91 Å². The molecule has 184 valence electrons. The standard InChI is InChI=1S/C27H35N7O/c1-18(2)31-32-19(3)11-13-26(28-6)34-21(5)23(20(4)33-34)12-14-27(35)29-16-15-22-17-30-25-10-8-7-9-24(22)25/h7-11,13,17,30H,12,14-16H2,1-6H3,(H,29,35)/b13-11-,28-26?,32-19+. The second-order valence-corrected chi connectivity index (χ2v) is 8.72. The fourth-order valence-electron chi connectivity index (χ4n) is 3.91. The first-order valence-corrected chi connectivity index (χ1v) is 11.9. The van der Waals surface area contributed by atoms with Gasteiger partial charge in [-0.1, -0.05) is 18.2 Å². The van der Waals surface area contributed by atoms with Crippen LogP contribution in [0.4, 0.5) is 0 Å². The summed E-state index contributed by atoms with van der Waals surface area (Å²) in [6.45, 7) is 10.3. The van der Waals surface area contributed by atoms with Crippen molar-refractivity contribution < 1.29 is 4.79 Å². The Hall–Kier alpha value is -3.81. The van der Waals surface area contributed by atoms with E-state index in [1.165, 1.54) is 10.9 Å². The molecule has 3 aromatic rings. The average molecular weight is 474 g/mol. The zero-order valence-corrected chi connectivity index (χ0v) is 21.5. The van der Waals surface area contributed by atoms with E-state index in [1.54, 1.807) is 7.05 Å². The van der Waals surface area contributed by atoms with Crippen LogP contribution in [0.25, 0.3) is 10.9 Å². The van der Waals surface area contributed by atoms with Crippen molar-refractivity contribution in [1.29, 1.82) is 0 Å². The molecule has 2 N–H and O–H groups in total. The molecule has 0 atom stereocenters. The molecule has 0 bridgehead atoms. The first kappa shape index (κ1) is 25.8. The number of rotatable bonds is 9. The van der Waals surface area contributed by atoms with Gasteiger partial charge in [-0.05, 0) is 76.8 Å². The Kier molecular flexibility index (Phi) is 8.89. The second kappa shape index (κ2) is 12.1. The number of aliphatic imine (C=N–C) groups is 1. The summed E-state index contributed by atoms with van der Waals surface area (Å²) in [5, 5.41) is 17.2. The van der Waals surface area contributed by atoms with Crippen LogP contribution in [0.2, 0.25) is 0 Å². The second-order valence-electron chi connectivity index (χ2n) is 8.72. The molecule has 0 radical (unpaired) electrons. The lowest BCUT2D eigenvalue weighted by Gasteiger charge is -2.07. The van der Waals surface area contributed by atoms with E-state index in [0.29, 0.717) is 25.2 Å². The summed E-state index contributed by atoms with van der Waals surface area (Å²) in [4.78, 5) is 20.2. The highest BCUT2D eigenvalue weighted by Gasteiger charge is 2.15. The number of aromatic amines is 1. The van der Waals surface area contributed by atoms with Crippen LogP contribution in [0.15, 0.2) is 57.8 Å². The van der Waals surface area contributed by atoms with E-state index < -0.39 is 0 Å². The molecule has 0 saturated carbocycles. The number of aryl methyl sites for hydroxylation is 1. The summed E-state index contributed by atoms with van der Waals surface area (Å²) in [6.07, 6.45) is 7.59. The Morgan fingerprint density at radius 1 is 1.11 bits per heavy atom. The number of hydrogen-bond donors (Lipinski definition) is 2. The van der Waals surface area contributed by atoms with Crippen LogP contribution in [0.3, 0.4) is 0 Å². The summed E-state index contributed by atoms with van der Waals surface area (Å²) in [6, 6.07) is 8.21. The Labute approximate surface area is 207 Å². The van der Waals surface area contributed by atoms with E-state index in [2.05, 4.69) is 42.7 Å². The number of fused-ring (bicyclic) bond motifs is 1. The molecule has 8 nitrogen and oxygen atoms in total. The van der Waals surface area contributed by atoms with Crippen molar-refractivity contribution in [2.75, 3.05) is 13.6 Å². The van der Waals surface area contributed by atoms with Crippen LogP contribution in [0.5, 0.6) is 0 Å². The Morgan fingerprint density at radius 2 is 1.89 bits per heavy atom. The molecule has 3 rings (SSSR count). The molecule has 0 unspecified atom stereocenters. The summed E-state index contributed by atoms with van der Waals surface area (Å²) in [5.41, 5.74) is 6.96. The van der Waals surface area contributed by atoms with Gasteiger partial charge in [0.05, 0.1) is 11.4 Å². The normalized spacial score (nSPS) is 12.5. The van der Waals surface area contributed by atoms with Gasteiger partial charge in [-0.15, -0.1) is 0 Å². The van der Waals surface area contributed by atoms with Crippen molar-refractivity contribution in [3.8, 4) is 0 Å². The minimum atomic E-state index is 0.0410. The van der Waals surface area contributed by atoms with E-state index in [9.17, 15) is 4.79 Å². The van der Waals surface area contributed by atoms with E-state index in [1.807, 2.05) is 69.8 Å². The first-order chi connectivity index (χ1) is 16.8. The van der Waals surface area contributed by atoms with E-state index in [4.69, 9.17) is 0 Å². The number of carbonyl (C=O) groups is 1. The maximum atomic E-state index is 12.5. The molecule has 8 heteroatoms. The topological polar surface area (TPSA) is 99.8 Å². The number of amides is 1. The summed E-state index contributed by atoms with van der Waals surface area (Å²) in [5.74, 6) is 0.742. The maximum absolute atomic E-state index is 12.5. The third kappa shape index (κ3) is 6.85. The van der Waals surface area contributed by atoms with Gasteiger partial charge in [0.1, 0.15) is 5.84 Å².